The number of amides is 2. The Labute approximate surface area is 160 Å². The number of carbonyl (C=O) groups excluding carboxylic acids is 2. The predicted octanol–water partition coefficient (Wildman–Crippen LogP) is 3.74. The maximum Gasteiger partial charge on any atom is 0.280 e. The highest BCUT2D eigenvalue weighted by Gasteiger charge is 2.14. The third-order valence-corrected chi connectivity index (χ3v) is 3.86. The molecule has 0 saturated carbocycles. The first-order chi connectivity index (χ1) is 12.4. The summed E-state index contributed by atoms with van der Waals surface area (Å²) in [6, 6.07) is 16.3. The minimum Gasteiger partial charge on any atom is -0.481 e. The van der Waals surface area contributed by atoms with E-state index in [1.54, 1.807) is 38.1 Å². The van der Waals surface area contributed by atoms with Gasteiger partial charge in [-0.3, -0.25) is 9.59 Å². The lowest BCUT2D eigenvalue weighted by atomic mass is 10.2. The number of nitrogens with one attached hydrogen (secondary N) is 2. The smallest absolute Gasteiger partial charge is 0.280 e. The second-order valence-corrected chi connectivity index (χ2v) is 6.54. The maximum atomic E-state index is 12.0. The Balaban J connectivity index is 1.80. The number of carbonyl (C=O) groups is 2. The largest absolute Gasteiger partial charge is 0.481 e. The number of anilines is 1. The number of hydrogen-bond donors (Lipinski definition) is 2. The summed E-state index contributed by atoms with van der Waals surface area (Å²) in [6.07, 6.45) is -0.636. The molecule has 0 fully saturated rings. The number of halogens is 1. The molecule has 0 aliphatic heterocycles. The van der Waals surface area contributed by atoms with Crippen LogP contribution in [0, 0.1) is 0 Å². The van der Waals surface area contributed by atoms with E-state index >= 15 is 0 Å². The van der Waals surface area contributed by atoms with E-state index in [0.29, 0.717) is 17.1 Å². The zero-order valence-corrected chi connectivity index (χ0v) is 16.1. The first-order valence-corrected chi connectivity index (χ1v) is 8.83. The van der Waals surface area contributed by atoms with Gasteiger partial charge in [0.25, 0.3) is 5.91 Å². The minimum atomic E-state index is -0.717. The molecular formula is C19H20BrN3O3. The first kappa shape index (κ1) is 19.7. The van der Waals surface area contributed by atoms with Crippen molar-refractivity contribution in [3.8, 4) is 5.75 Å². The molecule has 7 heteroatoms. The molecule has 0 aliphatic rings. The number of hydrogen-bond acceptors (Lipinski definition) is 4. The molecule has 6 nitrogen and oxygen atoms in total. The van der Waals surface area contributed by atoms with Crippen molar-refractivity contribution in [1.82, 2.24) is 5.43 Å². The molecule has 2 aromatic carbocycles. The van der Waals surface area contributed by atoms with Crippen molar-refractivity contribution >= 4 is 39.1 Å². The van der Waals surface area contributed by atoms with Gasteiger partial charge in [0.15, 0.2) is 6.10 Å². The van der Waals surface area contributed by atoms with Crippen LogP contribution in [0.4, 0.5) is 5.69 Å². The van der Waals surface area contributed by atoms with Gasteiger partial charge in [-0.15, -0.1) is 0 Å². The fraction of sp³-hybridized carbons (Fsp3) is 0.211. The molecule has 2 N–H and O–H groups in total. The molecule has 0 spiro atoms. The normalized spacial score (nSPS) is 12.2. The van der Waals surface area contributed by atoms with Crippen molar-refractivity contribution in [3.05, 3.63) is 59.1 Å². The van der Waals surface area contributed by atoms with E-state index in [4.69, 9.17) is 4.74 Å². The average Bonchev–Trinajstić information content (AvgIpc) is 2.62. The SMILES string of the molecule is CC(CC(=O)Nc1ccccc1)=NNC(=O)C(C)Oc1ccc(Br)cc1. The van der Waals surface area contributed by atoms with Crippen LogP contribution < -0.4 is 15.5 Å². The van der Waals surface area contributed by atoms with Crippen LogP contribution in [0.15, 0.2) is 64.2 Å². The highest BCUT2D eigenvalue weighted by molar-refractivity contribution is 9.10. The van der Waals surface area contributed by atoms with E-state index in [2.05, 4.69) is 31.8 Å². The second-order valence-electron chi connectivity index (χ2n) is 5.63. The number of benzene rings is 2. The monoisotopic (exact) mass is 417 g/mol. The Morgan fingerprint density at radius 3 is 2.42 bits per heavy atom. The number of ether oxygens (including phenoxy) is 1. The van der Waals surface area contributed by atoms with Crippen LogP contribution in [0.2, 0.25) is 0 Å². The summed E-state index contributed by atoms with van der Waals surface area (Å²) in [4.78, 5) is 24.0. The molecule has 1 unspecified atom stereocenters. The Hall–Kier alpha value is -2.67. The fourth-order valence-corrected chi connectivity index (χ4v) is 2.28. The zero-order valence-electron chi connectivity index (χ0n) is 14.5. The van der Waals surface area contributed by atoms with Gasteiger partial charge in [0.05, 0.1) is 6.42 Å². The molecule has 0 aromatic heterocycles. The van der Waals surface area contributed by atoms with Crippen molar-refractivity contribution in [2.24, 2.45) is 5.10 Å². The van der Waals surface area contributed by atoms with Crippen LogP contribution in [0.1, 0.15) is 20.3 Å². The fourth-order valence-electron chi connectivity index (χ4n) is 2.01. The molecule has 1 atom stereocenters. The highest BCUT2D eigenvalue weighted by Crippen LogP contribution is 2.17. The standard InChI is InChI=1S/C19H20BrN3O3/c1-13(12-18(24)21-16-6-4-3-5-7-16)22-23-19(25)14(2)26-17-10-8-15(20)9-11-17/h3-11,14H,12H2,1-2H3,(H,21,24)(H,23,25). The van der Waals surface area contributed by atoms with Crippen LogP contribution in [0.5, 0.6) is 5.75 Å². The van der Waals surface area contributed by atoms with Crippen molar-refractivity contribution < 1.29 is 14.3 Å². The van der Waals surface area contributed by atoms with Gasteiger partial charge in [-0.05, 0) is 50.2 Å². The molecule has 0 aliphatic carbocycles. The second kappa shape index (κ2) is 9.72. The van der Waals surface area contributed by atoms with Crippen molar-refractivity contribution in [1.29, 1.82) is 0 Å². The van der Waals surface area contributed by atoms with Gasteiger partial charge in [-0.1, -0.05) is 34.1 Å². The third-order valence-electron chi connectivity index (χ3n) is 3.33. The summed E-state index contributed by atoms with van der Waals surface area (Å²) in [5.41, 5.74) is 3.62. The number of para-hydroxylation sites is 1. The minimum absolute atomic E-state index is 0.0805. The Kier molecular flexibility index (Phi) is 7.35. The maximum absolute atomic E-state index is 12.0. The lowest BCUT2D eigenvalue weighted by Crippen LogP contribution is -2.34. The Morgan fingerprint density at radius 1 is 1.12 bits per heavy atom. The molecule has 0 bridgehead atoms. The summed E-state index contributed by atoms with van der Waals surface area (Å²) in [7, 11) is 0. The molecule has 136 valence electrons. The number of rotatable bonds is 7. The van der Waals surface area contributed by atoms with Gasteiger partial charge in [0, 0.05) is 15.9 Å². The number of nitrogens with zero attached hydrogens (tertiary/aromatic N) is 1. The van der Waals surface area contributed by atoms with E-state index in [9.17, 15) is 9.59 Å². The predicted molar refractivity (Wildman–Crippen MR) is 105 cm³/mol. The van der Waals surface area contributed by atoms with E-state index in [0.717, 1.165) is 4.47 Å². The average molecular weight is 418 g/mol. The van der Waals surface area contributed by atoms with E-state index in [-0.39, 0.29) is 12.3 Å². The van der Waals surface area contributed by atoms with Gasteiger partial charge in [-0.2, -0.15) is 5.10 Å². The zero-order chi connectivity index (χ0) is 18.9. The van der Waals surface area contributed by atoms with Gasteiger partial charge in [0.2, 0.25) is 5.91 Å². The van der Waals surface area contributed by atoms with Gasteiger partial charge >= 0.3 is 0 Å². The first-order valence-electron chi connectivity index (χ1n) is 8.04. The molecule has 0 radical (unpaired) electrons. The van der Waals surface area contributed by atoms with Crippen LogP contribution in [-0.4, -0.2) is 23.6 Å². The summed E-state index contributed by atoms with van der Waals surface area (Å²) >= 11 is 3.34. The molecule has 0 saturated heterocycles. The van der Waals surface area contributed by atoms with E-state index in [1.807, 2.05) is 30.3 Å². The van der Waals surface area contributed by atoms with Crippen LogP contribution in [0.3, 0.4) is 0 Å². The Bertz CT molecular complexity index is 776. The summed E-state index contributed by atoms with van der Waals surface area (Å²) in [5, 5.41) is 6.71. The third kappa shape index (κ3) is 6.68. The van der Waals surface area contributed by atoms with Crippen molar-refractivity contribution in [2.45, 2.75) is 26.4 Å². The van der Waals surface area contributed by atoms with Crippen LogP contribution in [0.25, 0.3) is 0 Å². The highest BCUT2D eigenvalue weighted by atomic mass is 79.9. The van der Waals surface area contributed by atoms with Crippen LogP contribution in [-0.2, 0) is 9.59 Å². The summed E-state index contributed by atoms with van der Waals surface area (Å²) < 4.78 is 6.47. The van der Waals surface area contributed by atoms with Crippen molar-refractivity contribution in [3.63, 3.8) is 0 Å². The van der Waals surface area contributed by atoms with E-state index in [1.165, 1.54) is 0 Å². The lowest BCUT2D eigenvalue weighted by molar-refractivity contribution is -0.127. The number of hydrazone groups is 1. The van der Waals surface area contributed by atoms with Crippen LogP contribution >= 0.6 is 15.9 Å². The molecular weight excluding hydrogens is 398 g/mol. The van der Waals surface area contributed by atoms with Crippen molar-refractivity contribution in [2.75, 3.05) is 5.32 Å². The summed E-state index contributed by atoms with van der Waals surface area (Å²) in [6.45, 7) is 3.30. The van der Waals surface area contributed by atoms with Gasteiger partial charge in [-0.25, -0.2) is 5.43 Å². The van der Waals surface area contributed by atoms with E-state index < -0.39 is 12.0 Å². The lowest BCUT2D eigenvalue weighted by Gasteiger charge is -2.13. The molecule has 26 heavy (non-hydrogen) atoms. The molecule has 2 rings (SSSR count). The molecule has 0 heterocycles. The van der Waals surface area contributed by atoms with Gasteiger partial charge < -0.3 is 10.1 Å². The molecule has 2 aromatic rings. The summed E-state index contributed by atoms with van der Waals surface area (Å²) in [5.74, 6) is -0.0135. The van der Waals surface area contributed by atoms with Gasteiger partial charge in [0.1, 0.15) is 5.75 Å². The quantitative estimate of drug-likeness (QED) is 0.531. The Morgan fingerprint density at radius 2 is 1.77 bits per heavy atom. The topological polar surface area (TPSA) is 79.8 Å². The molecule has 2 amide bonds.